The number of fused-ring (bicyclic) bond motifs is 1. The van der Waals surface area contributed by atoms with Crippen LogP contribution >= 0.6 is 0 Å². The second-order valence-corrected chi connectivity index (χ2v) is 4.48. The highest BCUT2D eigenvalue weighted by atomic mass is 16.5. The maximum Gasteiger partial charge on any atom is 0.420 e. The highest BCUT2D eigenvalue weighted by molar-refractivity contribution is 5.80. The summed E-state index contributed by atoms with van der Waals surface area (Å²) in [5, 5.41) is 9.79. The highest BCUT2D eigenvalue weighted by Gasteiger charge is 2.20. The Morgan fingerprint density at radius 1 is 1.42 bits per heavy atom. The number of rotatable bonds is 3. The number of hydrogen-bond acceptors (Lipinski definition) is 5. The third-order valence-corrected chi connectivity index (χ3v) is 2.89. The van der Waals surface area contributed by atoms with Crippen molar-refractivity contribution in [3.8, 4) is 0 Å². The fraction of sp³-hybridized carbons (Fsp3) is 0.385. The standard InChI is InChI=1S/C13H15NO5/c1-7(2)14-9-6-8(11(15)12(16)18-3)4-5-10(9)19-13(14)17/h4-7,11,15H,1-3H3. The predicted octanol–water partition coefficient (Wildman–Crippen LogP) is 1.38. The van der Waals surface area contributed by atoms with Crippen LogP contribution in [0.5, 0.6) is 0 Å². The number of carbonyl (C=O) groups excluding carboxylic acids is 1. The summed E-state index contributed by atoms with van der Waals surface area (Å²) in [6.07, 6.45) is -1.37. The fourth-order valence-corrected chi connectivity index (χ4v) is 1.96. The number of benzene rings is 1. The lowest BCUT2D eigenvalue weighted by Gasteiger charge is -2.10. The van der Waals surface area contributed by atoms with Gasteiger partial charge < -0.3 is 14.3 Å². The van der Waals surface area contributed by atoms with Crippen LogP contribution in [0.2, 0.25) is 0 Å². The molecule has 6 heteroatoms. The topological polar surface area (TPSA) is 81.7 Å². The first kappa shape index (κ1) is 13.4. The number of aliphatic hydroxyl groups excluding tert-OH is 1. The van der Waals surface area contributed by atoms with E-state index in [1.807, 2.05) is 13.8 Å². The molecule has 0 amide bonds. The van der Waals surface area contributed by atoms with Gasteiger partial charge in [-0.3, -0.25) is 4.57 Å². The van der Waals surface area contributed by atoms with Crippen LogP contribution in [0.4, 0.5) is 0 Å². The molecule has 0 spiro atoms. The Labute approximate surface area is 109 Å². The molecule has 6 nitrogen and oxygen atoms in total. The van der Waals surface area contributed by atoms with Crippen molar-refractivity contribution in [1.29, 1.82) is 0 Å². The third kappa shape index (κ3) is 2.26. The molecule has 0 radical (unpaired) electrons. The van der Waals surface area contributed by atoms with E-state index in [9.17, 15) is 14.7 Å². The molecule has 1 heterocycles. The maximum atomic E-state index is 11.7. The molecular weight excluding hydrogens is 250 g/mol. The molecule has 0 saturated heterocycles. The zero-order chi connectivity index (χ0) is 14.2. The smallest absolute Gasteiger partial charge is 0.420 e. The van der Waals surface area contributed by atoms with Crippen molar-refractivity contribution in [3.05, 3.63) is 34.3 Å². The zero-order valence-electron chi connectivity index (χ0n) is 10.9. The number of nitrogens with zero attached hydrogens (tertiary/aromatic N) is 1. The molecule has 102 valence electrons. The number of oxazole rings is 1. The van der Waals surface area contributed by atoms with E-state index in [4.69, 9.17) is 4.42 Å². The molecule has 1 atom stereocenters. The van der Waals surface area contributed by atoms with Crippen LogP contribution in [0, 0.1) is 0 Å². The van der Waals surface area contributed by atoms with E-state index in [1.54, 1.807) is 12.1 Å². The van der Waals surface area contributed by atoms with Crippen LogP contribution in [0.1, 0.15) is 31.6 Å². The fourth-order valence-electron chi connectivity index (χ4n) is 1.96. The minimum absolute atomic E-state index is 0.0840. The molecule has 1 aromatic heterocycles. The van der Waals surface area contributed by atoms with Crippen LogP contribution in [0.25, 0.3) is 11.1 Å². The number of aromatic nitrogens is 1. The van der Waals surface area contributed by atoms with Crippen LogP contribution in [0.3, 0.4) is 0 Å². The van der Waals surface area contributed by atoms with Crippen LogP contribution in [-0.4, -0.2) is 22.8 Å². The Balaban J connectivity index is 2.59. The summed E-state index contributed by atoms with van der Waals surface area (Å²) in [5.74, 6) is -1.21. The van der Waals surface area contributed by atoms with Gasteiger partial charge in [0.1, 0.15) is 0 Å². The normalized spacial score (nSPS) is 12.9. The Hall–Kier alpha value is -2.08. The summed E-state index contributed by atoms with van der Waals surface area (Å²) in [7, 11) is 1.20. The van der Waals surface area contributed by atoms with Gasteiger partial charge in [0.15, 0.2) is 11.7 Å². The van der Waals surface area contributed by atoms with Gasteiger partial charge in [-0.05, 0) is 31.5 Å². The minimum atomic E-state index is -1.37. The molecule has 1 unspecified atom stereocenters. The van der Waals surface area contributed by atoms with E-state index in [1.165, 1.54) is 17.7 Å². The van der Waals surface area contributed by atoms with E-state index in [0.717, 1.165) is 0 Å². The quantitative estimate of drug-likeness (QED) is 0.848. The van der Waals surface area contributed by atoms with Gasteiger partial charge in [-0.1, -0.05) is 6.07 Å². The van der Waals surface area contributed by atoms with Gasteiger partial charge in [-0.25, -0.2) is 9.59 Å². The molecule has 0 saturated carbocycles. The number of aliphatic hydroxyl groups is 1. The van der Waals surface area contributed by atoms with E-state index in [0.29, 0.717) is 16.7 Å². The van der Waals surface area contributed by atoms with Gasteiger partial charge >= 0.3 is 11.7 Å². The summed E-state index contributed by atoms with van der Waals surface area (Å²) in [6, 6.07) is 4.55. The van der Waals surface area contributed by atoms with Crippen molar-refractivity contribution in [2.24, 2.45) is 0 Å². The summed E-state index contributed by atoms with van der Waals surface area (Å²) >= 11 is 0. The molecule has 2 rings (SSSR count). The van der Waals surface area contributed by atoms with Crippen molar-refractivity contribution in [1.82, 2.24) is 4.57 Å². The second-order valence-electron chi connectivity index (χ2n) is 4.48. The van der Waals surface area contributed by atoms with Gasteiger partial charge in [-0.15, -0.1) is 0 Å². The number of ether oxygens (including phenoxy) is 1. The van der Waals surface area contributed by atoms with Crippen molar-refractivity contribution in [2.75, 3.05) is 7.11 Å². The van der Waals surface area contributed by atoms with Crippen molar-refractivity contribution < 1.29 is 19.1 Å². The van der Waals surface area contributed by atoms with Gasteiger partial charge in [0, 0.05) is 6.04 Å². The van der Waals surface area contributed by atoms with E-state index >= 15 is 0 Å². The van der Waals surface area contributed by atoms with Gasteiger partial charge in [-0.2, -0.15) is 0 Å². The molecule has 0 aliphatic heterocycles. The van der Waals surface area contributed by atoms with E-state index in [-0.39, 0.29) is 6.04 Å². The van der Waals surface area contributed by atoms with Crippen LogP contribution in [0.15, 0.2) is 27.4 Å². The first-order chi connectivity index (χ1) is 8.95. The first-order valence-electron chi connectivity index (χ1n) is 5.86. The highest BCUT2D eigenvalue weighted by Crippen LogP contribution is 2.22. The molecule has 0 aliphatic carbocycles. The van der Waals surface area contributed by atoms with E-state index < -0.39 is 17.8 Å². The average Bonchev–Trinajstić information content (AvgIpc) is 2.71. The van der Waals surface area contributed by atoms with Gasteiger partial charge in [0.2, 0.25) is 0 Å². The third-order valence-electron chi connectivity index (χ3n) is 2.89. The Morgan fingerprint density at radius 3 is 2.68 bits per heavy atom. The van der Waals surface area contributed by atoms with Crippen LogP contribution in [-0.2, 0) is 9.53 Å². The lowest BCUT2D eigenvalue weighted by molar-refractivity contribution is -0.150. The minimum Gasteiger partial charge on any atom is -0.467 e. The zero-order valence-corrected chi connectivity index (χ0v) is 10.9. The molecule has 1 aromatic carbocycles. The first-order valence-corrected chi connectivity index (χ1v) is 5.86. The molecule has 2 aromatic rings. The summed E-state index contributed by atoms with van der Waals surface area (Å²) < 4.78 is 11.0. The molecule has 1 N–H and O–H groups in total. The van der Waals surface area contributed by atoms with Crippen molar-refractivity contribution in [3.63, 3.8) is 0 Å². The largest absolute Gasteiger partial charge is 0.467 e. The lowest BCUT2D eigenvalue weighted by atomic mass is 10.1. The predicted molar refractivity (Wildman–Crippen MR) is 67.8 cm³/mol. The number of hydrogen-bond donors (Lipinski definition) is 1. The van der Waals surface area contributed by atoms with Gasteiger partial charge in [0.25, 0.3) is 0 Å². The monoisotopic (exact) mass is 265 g/mol. The second kappa shape index (κ2) is 4.89. The molecule has 0 aliphatic rings. The van der Waals surface area contributed by atoms with Crippen molar-refractivity contribution >= 4 is 17.1 Å². The maximum absolute atomic E-state index is 11.7. The Bertz CT molecular complexity index is 667. The molecule has 0 fully saturated rings. The Kier molecular flexibility index (Phi) is 3.44. The average molecular weight is 265 g/mol. The summed E-state index contributed by atoms with van der Waals surface area (Å²) in [4.78, 5) is 23.0. The summed E-state index contributed by atoms with van der Waals surface area (Å²) in [5.41, 5.74) is 1.31. The molecular formula is C13H15NO5. The number of carbonyl (C=O) groups is 1. The van der Waals surface area contributed by atoms with E-state index in [2.05, 4.69) is 4.74 Å². The molecule has 0 bridgehead atoms. The number of methoxy groups -OCH3 is 1. The SMILES string of the molecule is COC(=O)C(O)c1ccc2oc(=O)n(C(C)C)c2c1. The number of esters is 1. The van der Waals surface area contributed by atoms with Crippen LogP contribution < -0.4 is 5.76 Å². The summed E-state index contributed by atoms with van der Waals surface area (Å²) in [6.45, 7) is 3.69. The Morgan fingerprint density at radius 2 is 2.11 bits per heavy atom. The lowest BCUT2D eigenvalue weighted by Crippen LogP contribution is -2.16. The van der Waals surface area contributed by atoms with Gasteiger partial charge in [0.05, 0.1) is 12.6 Å². The molecule has 19 heavy (non-hydrogen) atoms. The van der Waals surface area contributed by atoms with Crippen molar-refractivity contribution in [2.45, 2.75) is 26.0 Å².